The van der Waals surface area contributed by atoms with Crippen molar-refractivity contribution in [2.75, 3.05) is 19.5 Å². The Morgan fingerprint density at radius 3 is 2.62 bits per heavy atom. The summed E-state index contributed by atoms with van der Waals surface area (Å²) in [5.41, 5.74) is 0.740. The van der Waals surface area contributed by atoms with Gasteiger partial charge in [-0.1, -0.05) is 11.6 Å². The van der Waals surface area contributed by atoms with Gasteiger partial charge in [0.05, 0.1) is 19.2 Å². The summed E-state index contributed by atoms with van der Waals surface area (Å²) < 4.78 is 9.62. The van der Waals surface area contributed by atoms with E-state index in [1.807, 2.05) is 0 Å². The minimum absolute atomic E-state index is 0.327. The lowest BCUT2D eigenvalue weighted by molar-refractivity contribution is -0.141. The van der Waals surface area contributed by atoms with E-state index in [-0.39, 0.29) is 5.97 Å². The van der Waals surface area contributed by atoms with Crippen LogP contribution in [0.2, 0.25) is 5.02 Å². The number of methoxy groups -OCH3 is 2. The highest BCUT2D eigenvalue weighted by atomic mass is 35.5. The van der Waals surface area contributed by atoms with E-state index in [2.05, 4.69) is 10.1 Å². The van der Waals surface area contributed by atoms with Gasteiger partial charge in [0, 0.05) is 5.69 Å². The zero-order valence-electron chi connectivity index (χ0n) is 9.41. The first-order valence-electron chi connectivity index (χ1n) is 4.76. The van der Waals surface area contributed by atoms with Crippen molar-refractivity contribution in [3.8, 4) is 5.75 Å². The largest absolute Gasteiger partial charge is 0.495 e. The third kappa shape index (κ3) is 3.03. The van der Waals surface area contributed by atoms with Crippen LogP contribution in [0.15, 0.2) is 18.2 Å². The Kier molecular flexibility index (Phi) is 4.43. The molecule has 0 aromatic heterocycles. The van der Waals surface area contributed by atoms with Gasteiger partial charge in [0.25, 0.3) is 0 Å². The number of rotatable bonds is 4. The van der Waals surface area contributed by atoms with Crippen molar-refractivity contribution in [1.82, 2.24) is 0 Å². The molecule has 0 spiro atoms. The normalized spacial score (nSPS) is 11.8. The number of hydrogen-bond acceptors (Lipinski definition) is 4. The van der Waals surface area contributed by atoms with Crippen molar-refractivity contribution in [3.63, 3.8) is 0 Å². The molecule has 4 nitrogen and oxygen atoms in total. The van der Waals surface area contributed by atoms with Crippen molar-refractivity contribution in [3.05, 3.63) is 23.2 Å². The average molecular weight is 244 g/mol. The Labute approximate surface area is 99.5 Å². The number of halogens is 1. The fourth-order valence-corrected chi connectivity index (χ4v) is 1.50. The fourth-order valence-electron chi connectivity index (χ4n) is 1.24. The van der Waals surface area contributed by atoms with Gasteiger partial charge < -0.3 is 14.8 Å². The molecule has 1 atom stereocenters. The van der Waals surface area contributed by atoms with E-state index in [0.29, 0.717) is 10.8 Å². The highest BCUT2D eigenvalue weighted by molar-refractivity contribution is 6.32. The number of esters is 1. The number of carbonyl (C=O) groups is 1. The third-order valence-electron chi connectivity index (χ3n) is 2.09. The maximum Gasteiger partial charge on any atom is 0.327 e. The van der Waals surface area contributed by atoms with Crippen LogP contribution in [0.4, 0.5) is 5.69 Å². The highest BCUT2D eigenvalue weighted by Gasteiger charge is 2.12. The summed E-state index contributed by atoms with van der Waals surface area (Å²) in [6, 6.07) is 4.79. The van der Waals surface area contributed by atoms with E-state index in [4.69, 9.17) is 16.3 Å². The maximum atomic E-state index is 11.2. The summed E-state index contributed by atoms with van der Waals surface area (Å²) >= 11 is 5.95. The molecule has 1 rings (SSSR count). The van der Waals surface area contributed by atoms with E-state index in [0.717, 1.165) is 5.69 Å². The molecule has 1 unspecified atom stereocenters. The second-order valence-corrected chi connectivity index (χ2v) is 3.65. The number of nitrogens with one attached hydrogen (secondary N) is 1. The molecule has 0 bridgehead atoms. The fraction of sp³-hybridized carbons (Fsp3) is 0.364. The second-order valence-electron chi connectivity index (χ2n) is 3.24. The second kappa shape index (κ2) is 5.61. The summed E-state index contributed by atoms with van der Waals surface area (Å²) in [5, 5.41) is 3.46. The molecule has 0 saturated heterocycles. The van der Waals surface area contributed by atoms with Crippen LogP contribution in [-0.4, -0.2) is 26.2 Å². The molecule has 0 aliphatic heterocycles. The zero-order valence-corrected chi connectivity index (χ0v) is 10.2. The first-order chi connectivity index (χ1) is 7.58. The van der Waals surface area contributed by atoms with E-state index in [9.17, 15) is 4.79 Å². The first kappa shape index (κ1) is 12.6. The van der Waals surface area contributed by atoms with Gasteiger partial charge in [-0.25, -0.2) is 4.79 Å². The van der Waals surface area contributed by atoms with Crippen LogP contribution in [0.25, 0.3) is 0 Å². The molecule has 0 heterocycles. The molecule has 88 valence electrons. The maximum absolute atomic E-state index is 11.2. The number of ether oxygens (including phenoxy) is 2. The van der Waals surface area contributed by atoms with Crippen LogP contribution >= 0.6 is 11.6 Å². The van der Waals surface area contributed by atoms with Gasteiger partial charge in [0.2, 0.25) is 0 Å². The van der Waals surface area contributed by atoms with Gasteiger partial charge in [0.15, 0.2) is 0 Å². The Morgan fingerprint density at radius 2 is 2.12 bits per heavy atom. The van der Waals surface area contributed by atoms with Gasteiger partial charge in [-0.2, -0.15) is 0 Å². The van der Waals surface area contributed by atoms with E-state index >= 15 is 0 Å². The van der Waals surface area contributed by atoms with Crippen LogP contribution in [0.1, 0.15) is 6.92 Å². The topological polar surface area (TPSA) is 47.6 Å². The lowest BCUT2D eigenvalue weighted by atomic mass is 10.2. The molecule has 0 aliphatic rings. The molecule has 16 heavy (non-hydrogen) atoms. The van der Waals surface area contributed by atoms with Gasteiger partial charge in [0.1, 0.15) is 11.8 Å². The lowest BCUT2D eigenvalue weighted by Gasteiger charge is -2.13. The average Bonchev–Trinajstić information content (AvgIpc) is 2.28. The summed E-state index contributed by atoms with van der Waals surface area (Å²) in [7, 11) is 2.90. The smallest absolute Gasteiger partial charge is 0.327 e. The quantitative estimate of drug-likeness (QED) is 0.825. The summed E-state index contributed by atoms with van der Waals surface area (Å²) in [5.74, 6) is 0.268. The Balaban J connectivity index is 2.75. The van der Waals surface area contributed by atoms with Crippen molar-refractivity contribution in [2.24, 2.45) is 0 Å². The molecule has 5 heteroatoms. The molecule has 0 aliphatic carbocycles. The van der Waals surface area contributed by atoms with Crippen LogP contribution in [0.3, 0.4) is 0 Å². The van der Waals surface area contributed by atoms with Crippen molar-refractivity contribution >= 4 is 23.3 Å². The summed E-state index contributed by atoms with van der Waals surface area (Å²) in [4.78, 5) is 11.2. The van der Waals surface area contributed by atoms with Crippen molar-refractivity contribution in [1.29, 1.82) is 0 Å². The molecular weight excluding hydrogens is 230 g/mol. The molecule has 0 fully saturated rings. The third-order valence-corrected chi connectivity index (χ3v) is 2.39. The Bertz CT molecular complexity index is 381. The van der Waals surface area contributed by atoms with Gasteiger partial charge in [-0.15, -0.1) is 0 Å². The van der Waals surface area contributed by atoms with Gasteiger partial charge >= 0.3 is 5.97 Å². The minimum Gasteiger partial charge on any atom is -0.495 e. The predicted octanol–water partition coefficient (Wildman–Crippen LogP) is 2.32. The molecule has 1 aromatic carbocycles. The van der Waals surface area contributed by atoms with Gasteiger partial charge in [-0.05, 0) is 25.1 Å². The Morgan fingerprint density at radius 1 is 1.44 bits per heavy atom. The van der Waals surface area contributed by atoms with Crippen LogP contribution in [0.5, 0.6) is 5.75 Å². The summed E-state index contributed by atoms with van der Waals surface area (Å²) in [6.45, 7) is 1.71. The minimum atomic E-state index is -0.422. The van der Waals surface area contributed by atoms with E-state index in [1.165, 1.54) is 7.11 Å². The van der Waals surface area contributed by atoms with Crippen LogP contribution < -0.4 is 10.1 Å². The van der Waals surface area contributed by atoms with Crippen LogP contribution in [-0.2, 0) is 9.53 Å². The zero-order chi connectivity index (χ0) is 12.1. The number of hydrogen-bond donors (Lipinski definition) is 1. The first-order valence-corrected chi connectivity index (χ1v) is 5.14. The molecule has 1 aromatic rings. The summed E-state index contributed by atoms with van der Waals surface area (Å²) in [6.07, 6.45) is 0. The van der Waals surface area contributed by atoms with E-state index in [1.54, 1.807) is 32.2 Å². The number of benzene rings is 1. The SMILES string of the molecule is COC(=O)C(C)Nc1ccc(OC)c(Cl)c1. The van der Waals surface area contributed by atoms with Gasteiger partial charge in [-0.3, -0.25) is 0 Å². The van der Waals surface area contributed by atoms with Crippen LogP contribution in [0, 0.1) is 0 Å². The molecule has 0 radical (unpaired) electrons. The predicted molar refractivity (Wildman–Crippen MR) is 63.1 cm³/mol. The molecular formula is C11H14ClNO3. The lowest BCUT2D eigenvalue weighted by Crippen LogP contribution is -2.27. The molecule has 1 N–H and O–H groups in total. The molecule has 0 saturated carbocycles. The van der Waals surface area contributed by atoms with Crippen molar-refractivity contribution < 1.29 is 14.3 Å². The highest BCUT2D eigenvalue weighted by Crippen LogP contribution is 2.27. The molecule has 0 amide bonds. The van der Waals surface area contributed by atoms with Crippen molar-refractivity contribution in [2.45, 2.75) is 13.0 Å². The standard InChI is InChI=1S/C11H14ClNO3/c1-7(11(14)16-3)13-8-4-5-10(15-2)9(12)6-8/h4-7,13H,1-3H3. The monoisotopic (exact) mass is 243 g/mol. The van der Waals surface area contributed by atoms with E-state index < -0.39 is 6.04 Å². The Hall–Kier alpha value is -1.42. The number of carbonyl (C=O) groups excluding carboxylic acids is 1. The number of anilines is 1.